The van der Waals surface area contributed by atoms with E-state index in [0.717, 1.165) is 6.42 Å². The molecule has 0 aliphatic carbocycles. The monoisotopic (exact) mass is 311 g/mol. The van der Waals surface area contributed by atoms with E-state index in [9.17, 15) is 4.79 Å². The van der Waals surface area contributed by atoms with Crippen LogP contribution < -0.4 is 0 Å². The van der Waals surface area contributed by atoms with E-state index < -0.39 is 0 Å². The SMILES string of the molecule is CCCCCCCCCCCCCCCCCCCO[C]=O. The van der Waals surface area contributed by atoms with Crippen LogP contribution in [0.1, 0.15) is 116 Å². The second-order valence-electron chi connectivity index (χ2n) is 6.59. The van der Waals surface area contributed by atoms with Crippen molar-refractivity contribution in [3.05, 3.63) is 0 Å². The third-order valence-electron chi connectivity index (χ3n) is 4.41. The normalized spacial score (nSPS) is 10.8. The van der Waals surface area contributed by atoms with Crippen LogP contribution in [0.5, 0.6) is 0 Å². The van der Waals surface area contributed by atoms with Gasteiger partial charge in [-0.3, -0.25) is 0 Å². The molecule has 0 saturated carbocycles. The summed E-state index contributed by atoms with van der Waals surface area (Å²) >= 11 is 0. The van der Waals surface area contributed by atoms with Gasteiger partial charge >= 0.3 is 6.47 Å². The highest BCUT2D eigenvalue weighted by Gasteiger charge is 1.95. The van der Waals surface area contributed by atoms with Gasteiger partial charge in [-0.15, -0.1) is 0 Å². The van der Waals surface area contributed by atoms with Gasteiger partial charge < -0.3 is 4.74 Å². The number of hydrogen-bond acceptors (Lipinski definition) is 2. The number of carbonyl (C=O) groups excluding carboxylic acids is 1. The summed E-state index contributed by atoms with van der Waals surface area (Å²) in [6.45, 7) is 4.30. The standard InChI is InChI=1S/C20H39O2/c1-2-3-4-5-6-7-8-9-10-11-12-13-14-15-16-17-18-19-22-20-21/h2-19H2,1H3. The van der Waals surface area contributed by atoms with Crippen molar-refractivity contribution >= 4 is 6.47 Å². The Morgan fingerprint density at radius 2 is 0.864 bits per heavy atom. The van der Waals surface area contributed by atoms with Gasteiger partial charge in [-0.1, -0.05) is 110 Å². The zero-order valence-corrected chi connectivity index (χ0v) is 15.0. The van der Waals surface area contributed by atoms with E-state index in [1.54, 1.807) is 0 Å². The third-order valence-corrected chi connectivity index (χ3v) is 4.41. The van der Waals surface area contributed by atoms with E-state index in [0.29, 0.717) is 6.61 Å². The van der Waals surface area contributed by atoms with Crippen molar-refractivity contribution in [2.24, 2.45) is 0 Å². The predicted molar refractivity (Wildman–Crippen MR) is 95.8 cm³/mol. The van der Waals surface area contributed by atoms with Crippen molar-refractivity contribution in [3.63, 3.8) is 0 Å². The van der Waals surface area contributed by atoms with Gasteiger partial charge in [-0.05, 0) is 6.42 Å². The van der Waals surface area contributed by atoms with E-state index in [-0.39, 0.29) is 0 Å². The summed E-state index contributed by atoms with van der Waals surface area (Å²) in [7, 11) is 0. The van der Waals surface area contributed by atoms with E-state index >= 15 is 0 Å². The van der Waals surface area contributed by atoms with Crippen molar-refractivity contribution < 1.29 is 9.53 Å². The summed E-state index contributed by atoms with van der Waals surface area (Å²) in [4.78, 5) is 9.83. The lowest BCUT2D eigenvalue weighted by atomic mass is 10.0. The van der Waals surface area contributed by atoms with E-state index in [1.807, 2.05) is 0 Å². The molecule has 0 fully saturated rings. The second-order valence-corrected chi connectivity index (χ2v) is 6.59. The molecule has 0 N–H and O–H groups in total. The van der Waals surface area contributed by atoms with Crippen molar-refractivity contribution in [3.8, 4) is 0 Å². The number of ether oxygens (including phenoxy) is 1. The molecule has 2 nitrogen and oxygen atoms in total. The minimum atomic E-state index is 0.544. The van der Waals surface area contributed by atoms with Crippen LogP contribution in [0.4, 0.5) is 0 Å². The first-order chi connectivity index (χ1) is 10.9. The average Bonchev–Trinajstić information content (AvgIpc) is 2.54. The van der Waals surface area contributed by atoms with E-state index in [2.05, 4.69) is 11.7 Å². The predicted octanol–water partition coefficient (Wildman–Crippen LogP) is 6.72. The summed E-state index contributed by atoms with van der Waals surface area (Å²) in [6, 6.07) is 0. The van der Waals surface area contributed by atoms with Crippen LogP contribution in [-0.2, 0) is 9.53 Å². The van der Waals surface area contributed by atoms with E-state index in [4.69, 9.17) is 0 Å². The van der Waals surface area contributed by atoms with Gasteiger partial charge in [-0.25, -0.2) is 4.79 Å². The smallest absolute Gasteiger partial charge is 0.417 e. The molecule has 0 saturated heterocycles. The highest BCUT2D eigenvalue weighted by molar-refractivity contribution is 5.37. The van der Waals surface area contributed by atoms with Crippen LogP contribution in [0.3, 0.4) is 0 Å². The number of unbranched alkanes of at least 4 members (excludes halogenated alkanes) is 16. The van der Waals surface area contributed by atoms with Crippen molar-refractivity contribution in [1.29, 1.82) is 0 Å². The van der Waals surface area contributed by atoms with Crippen LogP contribution in [0, 0.1) is 0 Å². The quantitative estimate of drug-likeness (QED) is 0.247. The lowest BCUT2D eigenvalue weighted by Gasteiger charge is -2.03. The molecule has 1 radical (unpaired) electrons. The number of rotatable bonds is 19. The molecular weight excluding hydrogens is 272 g/mol. The van der Waals surface area contributed by atoms with Crippen molar-refractivity contribution in [1.82, 2.24) is 0 Å². The minimum absolute atomic E-state index is 0.544. The fraction of sp³-hybridized carbons (Fsp3) is 0.950. The van der Waals surface area contributed by atoms with Gasteiger partial charge in [0.15, 0.2) is 0 Å². The van der Waals surface area contributed by atoms with E-state index in [1.165, 1.54) is 109 Å². The lowest BCUT2D eigenvalue weighted by molar-refractivity contribution is 0.268. The van der Waals surface area contributed by atoms with Crippen LogP contribution in [0.25, 0.3) is 0 Å². The second kappa shape index (κ2) is 20.5. The molecule has 0 heterocycles. The van der Waals surface area contributed by atoms with Gasteiger partial charge in [0, 0.05) is 0 Å². The first kappa shape index (κ1) is 21.5. The molecule has 0 unspecified atom stereocenters. The average molecular weight is 312 g/mol. The molecule has 0 aromatic carbocycles. The molecule has 0 aromatic rings. The van der Waals surface area contributed by atoms with Crippen LogP contribution in [0.2, 0.25) is 0 Å². The van der Waals surface area contributed by atoms with Gasteiger partial charge in [0.2, 0.25) is 0 Å². The molecule has 0 spiro atoms. The van der Waals surface area contributed by atoms with Crippen molar-refractivity contribution in [2.45, 2.75) is 116 Å². The van der Waals surface area contributed by atoms with Crippen LogP contribution in [-0.4, -0.2) is 13.1 Å². The molecule has 22 heavy (non-hydrogen) atoms. The van der Waals surface area contributed by atoms with Gasteiger partial charge in [0.1, 0.15) is 0 Å². The minimum Gasteiger partial charge on any atom is -0.457 e. The maximum absolute atomic E-state index is 9.83. The third kappa shape index (κ3) is 19.5. The topological polar surface area (TPSA) is 26.3 Å². The molecule has 0 rings (SSSR count). The first-order valence-corrected chi connectivity index (χ1v) is 9.90. The zero-order chi connectivity index (χ0) is 16.1. The molecule has 0 bridgehead atoms. The Hall–Kier alpha value is -0.530. The molecule has 0 amide bonds. The Morgan fingerprint density at radius 3 is 1.18 bits per heavy atom. The summed E-state index contributed by atoms with van der Waals surface area (Å²) in [5.74, 6) is 0. The van der Waals surface area contributed by atoms with Crippen LogP contribution >= 0.6 is 0 Å². The Kier molecular flexibility index (Phi) is 20.0. The maximum atomic E-state index is 9.83. The first-order valence-electron chi connectivity index (χ1n) is 9.90. The molecular formula is C20H39O2. The molecule has 131 valence electrons. The molecule has 0 atom stereocenters. The fourth-order valence-corrected chi connectivity index (χ4v) is 2.94. The van der Waals surface area contributed by atoms with Gasteiger partial charge in [0.25, 0.3) is 0 Å². The fourth-order valence-electron chi connectivity index (χ4n) is 2.94. The van der Waals surface area contributed by atoms with Gasteiger partial charge in [-0.2, -0.15) is 0 Å². The summed E-state index contributed by atoms with van der Waals surface area (Å²) < 4.78 is 4.55. The largest absolute Gasteiger partial charge is 0.457 e. The summed E-state index contributed by atoms with van der Waals surface area (Å²) in [5.41, 5.74) is 0. The summed E-state index contributed by atoms with van der Waals surface area (Å²) in [6.07, 6.45) is 23.3. The Labute approximate surface area is 139 Å². The van der Waals surface area contributed by atoms with Crippen LogP contribution in [0.15, 0.2) is 0 Å². The zero-order valence-electron chi connectivity index (χ0n) is 15.0. The molecule has 0 aliphatic heterocycles. The maximum Gasteiger partial charge on any atom is 0.417 e. The number of hydrogen-bond donors (Lipinski definition) is 0. The van der Waals surface area contributed by atoms with Gasteiger partial charge in [0.05, 0.1) is 6.61 Å². The molecule has 2 heteroatoms. The van der Waals surface area contributed by atoms with Crippen molar-refractivity contribution in [2.75, 3.05) is 6.61 Å². The Bertz CT molecular complexity index is 204. The molecule has 0 aliphatic rings. The Morgan fingerprint density at radius 1 is 0.545 bits per heavy atom. The lowest BCUT2D eigenvalue weighted by Crippen LogP contribution is -1.91. The Balaban J connectivity index is 2.92. The highest BCUT2D eigenvalue weighted by Crippen LogP contribution is 2.13. The highest BCUT2D eigenvalue weighted by atomic mass is 16.5. The summed E-state index contributed by atoms with van der Waals surface area (Å²) in [5, 5.41) is 0. The molecule has 0 aromatic heterocycles.